The Hall–Kier alpha value is -3.69. The molecule has 0 unspecified atom stereocenters. The van der Waals surface area contributed by atoms with Gasteiger partial charge in [-0.2, -0.15) is 5.26 Å². The molecular weight excluding hydrogens is 350 g/mol. The van der Waals surface area contributed by atoms with Gasteiger partial charge in [0.05, 0.1) is 24.8 Å². The Kier molecular flexibility index (Phi) is 5.00. The molecule has 6 heteroatoms. The summed E-state index contributed by atoms with van der Waals surface area (Å²) in [6.45, 7) is 1.02. The van der Waals surface area contributed by atoms with Gasteiger partial charge in [-0.1, -0.05) is 24.3 Å². The molecule has 0 saturated carbocycles. The van der Waals surface area contributed by atoms with Gasteiger partial charge in [0.25, 0.3) is 0 Å². The van der Waals surface area contributed by atoms with Crippen LogP contribution in [0.4, 0.5) is 5.82 Å². The van der Waals surface area contributed by atoms with Crippen LogP contribution in [0.1, 0.15) is 16.7 Å². The Bertz CT molecular complexity index is 1140. The third kappa shape index (κ3) is 3.56. The fraction of sp³-hybridized carbons (Fsp3) is 0.136. The highest BCUT2D eigenvalue weighted by Gasteiger charge is 2.13. The molecule has 0 aliphatic rings. The van der Waals surface area contributed by atoms with Crippen molar-refractivity contribution < 1.29 is 4.74 Å². The molecule has 0 aliphatic carbocycles. The zero-order valence-electron chi connectivity index (χ0n) is 15.5. The van der Waals surface area contributed by atoms with E-state index in [0.29, 0.717) is 18.8 Å². The first kappa shape index (κ1) is 17.7. The van der Waals surface area contributed by atoms with Crippen LogP contribution in [0.25, 0.3) is 16.9 Å². The van der Waals surface area contributed by atoms with Crippen LogP contribution in [0.15, 0.2) is 67.1 Å². The average molecular weight is 369 g/mol. The SMILES string of the molecule is CNc1c(-c2cccc(COCc3cccnc3)c2)nc2cc(C#N)ccn12. The van der Waals surface area contributed by atoms with Gasteiger partial charge in [-0.25, -0.2) is 4.98 Å². The molecule has 0 saturated heterocycles. The monoisotopic (exact) mass is 369 g/mol. The number of ether oxygens (including phenoxy) is 1. The largest absolute Gasteiger partial charge is 0.372 e. The number of pyridine rings is 2. The topological polar surface area (TPSA) is 75.2 Å². The second kappa shape index (κ2) is 7.91. The van der Waals surface area contributed by atoms with Gasteiger partial charge >= 0.3 is 0 Å². The second-order valence-electron chi connectivity index (χ2n) is 6.37. The van der Waals surface area contributed by atoms with Crippen LogP contribution < -0.4 is 5.32 Å². The summed E-state index contributed by atoms with van der Waals surface area (Å²) in [5, 5.41) is 12.3. The molecule has 0 atom stereocenters. The highest BCUT2D eigenvalue weighted by Crippen LogP contribution is 2.29. The molecule has 6 nitrogen and oxygen atoms in total. The Morgan fingerprint density at radius 3 is 2.75 bits per heavy atom. The highest BCUT2D eigenvalue weighted by atomic mass is 16.5. The minimum absolute atomic E-state index is 0.504. The third-order valence-electron chi connectivity index (χ3n) is 4.45. The van der Waals surface area contributed by atoms with Crippen LogP contribution in [0.3, 0.4) is 0 Å². The quantitative estimate of drug-likeness (QED) is 0.555. The zero-order chi connectivity index (χ0) is 19.3. The second-order valence-corrected chi connectivity index (χ2v) is 6.37. The number of hydrogen-bond acceptors (Lipinski definition) is 5. The van der Waals surface area contributed by atoms with E-state index in [0.717, 1.165) is 33.8 Å². The molecular formula is C22H19N5O. The Balaban J connectivity index is 1.59. The number of nitrogens with one attached hydrogen (secondary N) is 1. The minimum atomic E-state index is 0.504. The van der Waals surface area contributed by atoms with Crippen molar-refractivity contribution in [3.8, 4) is 17.3 Å². The fourth-order valence-corrected chi connectivity index (χ4v) is 3.13. The van der Waals surface area contributed by atoms with Crippen LogP contribution >= 0.6 is 0 Å². The number of rotatable bonds is 6. The van der Waals surface area contributed by atoms with E-state index in [1.54, 1.807) is 18.3 Å². The zero-order valence-corrected chi connectivity index (χ0v) is 15.5. The van der Waals surface area contributed by atoms with Crippen molar-refractivity contribution in [1.29, 1.82) is 5.26 Å². The van der Waals surface area contributed by atoms with Crippen molar-refractivity contribution in [1.82, 2.24) is 14.4 Å². The molecule has 28 heavy (non-hydrogen) atoms. The van der Waals surface area contributed by atoms with Gasteiger partial charge in [0, 0.05) is 31.2 Å². The lowest BCUT2D eigenvalue weighted by Gasteiger charge is -2.07. The molecule has 1 aromatic carbocycles. The van der Waals surface area contributed by atoms with E-state index < -0.39 is 0 Å². The third-order valence-corrected chi connectivity index (χ3v) is 4.45. The molecule has 3 heterocycles. The maximum absolute atomic E-state index is 9.13. The first-order valence-corrected chi connectivity index (χ1v) is 8.94. The summed E-state index contributed by atoms with van der Waals surface area (Å²) in [5.74, 6) is 0.882. The Morgan fingerprint density at radius 1 is 1.11 bits per heavy atom. The van der Waals surface area contributed by atoms with Crippen molar-refractivity contribution in [2.75, 3.05) is 12.4 Å². The molecule has 0 bridgehead atoms. The number of fused-ring (bicyclic) bond motifs is 1. The molecule has 0 amide bonds. The summed E-state index contributed by atoms with van der Waals surface area (Å²) in [6.07, 6.45) is 5.42. The van der Waals surface area contributed by atoms with Crippen LogP contribution in [0.2, 0.25) is 0 Å². The van der Waals surface area contributed by atoms with Gasteiger partial charge in [0.2, 0.25) is 0 Å². The molecule has 4 rings (SSSR count). The smallest absolute Gasteiger partial charge is 0.140 e. The predicted octanol–water partition coefficient (Wildman–Crippen LogP) is 4.03. The van der Waals surface area contributed by atoms with E-state index in [4.69, 9.17) is 15.0 Å². The van der Waals surface area contributed by atoms with Crippen molar-refractivity contribution in [2.24, 2.45) is 0 Å². The fourth-order valence-electron chi connectivity index (χ4n) is 3.13. The van der Waals surface area contributed by atoms with Crippen molar-refractivity contribution in [3.63, 3.8) is 0 Å². The van der Waals surface area contributed by atoms with Crippen molar-refractivity contribution in [3.05, 3.63) is 83.8 Å². The molecule has 4 aromatic rings. The summed E-state index contributed by atoms with van der Waals surface area (Å²) in [5.41, 5.74) is 5.27. The average Bonchev–Trinajstić information content (AvgIpc) is 3.12. The van der Waals surface area contributed by atoms with Gasteiger partial charge < -0.3 is 10.1 Å². The Morgan fingerprint density at radius 2 is 1.96 bits per heavy atom. The van der Waals surface area contributed by atoms with Crippen molar-refractivity contribution in [2.45, 2.75) is 13.2 Å². The first-order valence-electron chi connectivity index (χ1n) is 8.94. The molecule has 0 spiro atoms. The van der Waals surface area contributed by atoms with Crippen LogP contribution in [0.5, 0.6) is 0 Å². The lowest BCUT2D eigenvalue weighted by atomic mass is 10.1. The van der Waals surface area contributed by atoms with Crippen LogP contribution in [0, 0.1) is 11.3 Å². The van der Waals surface area contributed by atoms with E-state index >= 15 is 0 Å². The highest BCUT2D eigenvalue weighted by molar-refractivity contribution is 5.77. The Labute approximate surface area is 163 Å². The van der Waals surface area contributed by atoms with E-state index in [9.17, 15) is 0 Å². The number of hydrogen-bond donors (Lipinski definition) is 1. The predicted molar refractivity (Wildman–Crippen MR) is 108 cm³/mol. The first-order chi connectivity index (χ1) is 13.8. The number of benzene rings is 1. The van der Waals surface area contributed by atoms with Gasteiger partial charge in [-0.3, -0.25) is 9.38 Å². The van der Waals surface area contributed by atoms with Crippen molar-refractivity contribution >= 4 is 11.5 Å². The molecule has 0 aliphatic heterocycles. The van der Waals surface area contributed by atoms with Gasteiger partial charge in [0.15, 0.2) is 0 Å². The lowest BCUT2D eigenvalue weighted by Crippen LogP contribution is -1.97. The summed E-state index contributed by atoms with van der Waals surface area (Å²) in [7, 11) is 1.87. The number of aromatic nitrogens is 3. The molecule has 0 fully saturated rings. The number of nitriles is 1. The number of nitrogens with zero attached hydrogens (tertiary/aromatic N) is 4. The summed E-state index contributed by atoms with van der Waals surface area (Å²) >= 11 is 0. The minimum Gasteiger partial charge on any atom is -0.372 e. The lowest BCUT2D eigenvalue weighted by molar-refractivity contribution is 0.107. The van der Waals surface area contributed by atoms with E-state index in [-0.39, 0.29) is 0 Å². The van der Waals surface area contributed by atoms with E-state index in [1.165, 1.54) is 0 Å². The van der Waals surface area contributed by atoms with Gasteiger partial charge in [0.1, 0.15) is 17.2 Å². The standard InChI is InChI=1S/C22H19N5O/c1-24-22-21(26-20-11-16(12-23)7-9-27(20)22)19-6-2-4-17(10-19)14-28-15-18-5-3-8-25-13-18/h2-11,13,24H,14-15H2,1H3. The maximum Gasteiger partial charge on any atom is 0.140 e. The van der Waals surface area contributed by atoms with E-state index in [2.05, 4.69) is 22.4 Å². The molecule has 138 valence electrons. The molecule has 3 aromatic heterocycles. The normalized spacial score (nSPS) is 10.7. The maximum atomic E-state index is 9.13. The van der Waals surface area contributed by atoms with Crippen LogP contribution in [-0.2, 0) is 18.0 Å². The number of anilines is 1. The van der Waals surface area contributed by atoms with Gasteiger partial charge in [-0.05, 0) is 35.4 Å². The summed E-state index contributed by atoms with van der Waals surface area (Å²) < 4.78 is 7.77. The summed E-state index contributed by atoms with van der Waals surface area (Å²) in [6, 6.07) is 17.8. The van der Waals surface area contributed by atoms with Gasteiger partial charge in [-0.15, -0.1) is 0 Å². The molecule has 0 radical (unpaired) electrons. The molecule has 1 N–H and O–H groups in total. The van der Waals surface area contributed by atoms with E-state index in [1.807, 2.05) is 54.2 Å². The number of imidazole rings is 1. The summed E-state index contributed by atoms with van der Waals surface area (Å²) in [4.78, 5) is 8.83. The van der Waals surface area contributed by atoms with Crippen LogP contribution in [-0.4, -0.2) is 21.4 Å².